The monoisotopic (exact) mass is 514 g/mol. The van der Waals surface area contributed by atoms with E-state index in [2.05, 4.69) is 10.6 Å². The molecule has 0 aromatic rings. The molecule has 2 amide bonds. The van der Waals surface area contributed by atoms with Crippen molar-refractivity contribution in [3.8, 4) is 0 Å². The zero-order valence-corrected chi connectivity index (χ0v) is 22.4. The lowest BCUT2D eigenvalue weighted by molar-refractivity contribution is -0.142. The molecule has 0 aromatic carbocycles. The second-order valence-electron chi connectivity index (χ2n) is 9.39. The van der Waals surface area contributed by atoms with Crippen LogP contribution in [0.4, 0.5) is 0 Å². The lowest BCUT2D eigenvalue weighted by Crippen LogP contribution is -2.41. The fourth-order valence-electron chi connectivity index (χ4n) is 3.98. The summed E-state index contributed by atoms with van der Waals surface area (Å²) in [7, 11) is 0. The van der Waals surface area contributed by atoms with Crippen molar-refractivity contribution in [3.63, 3.8) is 0 Å². The summed E-state index contributed by atoms with van der Waals surface area (Å²) in [5.41, 5.74) is 0. The Labute approximate surface area is 217 Å². The van der Waals surface area contributed by atoms with Crippen LogP contribution in [0.25, 0.3) is 0 Å². The van der Waals surface area contributed by atoms with Gasteiger partial charge in [0, 0.05) is 32.4 Å². The van der Waals surface area contributed by atoms with Gasteiger partial charge in [0.25, 0.3) is 0 Å². The van der Waals surface area contributed by atoms with Crippen molar-refractivity contribution in [1.82, 2.24) is 10.6 Å². The number of rotatable bonds is 26. The van der Waals surface area contributed by atoms with Gasteiger partial charge in [-0.05, 0) is 26.2 Å². The van der Waals surface area contributed by atoms with E-state index in [-0.39, 0.29) is 31.1 Å². The number of hydrogen-bond acceptors (Lipinski definition) is 5. The number of carboxylic acid groups (broad SMARTS) is 2. The van der Waals surface area contributed by atoms with E-state index in [0.29, 0.717) is 26.2 Å². The molecule has 0 rings (SSSR count). The summed E-state index contributed by atoms with van der Waals surface area (Å²) < 4.78 is 5.13. The van der Waals surface area contributed by atoms with Crippen molar-refractivity contribution in [1.29, 1.82) is 0 Å². The molecule has 0 aromatic heterocycles. The molecule has 0 aliphatic carbocycles. The number of unbranched alkanes of at least 4 members (excludes halogenated alkanes) is 13. The molecule has 0 saturated heterocycles. The van der Waals surface area contributed by atoms with E-state index in [9.17, 15) is 24.3 Å². The van der Waals surface area contributed by atoms with E-state index in [1.54, 1.807) is 0 Å². The van der Waals surface area contributed by atoms with Crippen molar-refractivity contribution in [2.75, 3.05) is 19.8 Å². The fourth-order valence-corrected chi connectivity index (χ4v) is 3.98. The van der Waals surface area contributed by atoms with Crippen LogP contribution in [-0.2, 0) is 23.9 Å². The van der Waals surface area contributed by atoms with Crippen LogP contribution in [0.1, 0.15) is 122 Å². The molecule has 9 nitrogen and oxygen atoms in total. The van der Waals surface area contributed by atoms with Crippen molar-refractivity contribution in [3.05, 3.63) is 0 Å². The Kier molecular flexibility index (Phi) is 23.1. The second kappa shape index (κ2) is 24.5. The number of carbonyl (C=O) groups is 4. The highest BCUT2D eigenvalue weighted by Crippen LogP contribution is 2.14. The Balaban J connectivity index is 3.60. The Bertz CT molecular complexity index is 599. The van der Waals surface area contributed by atoms with E-state index in [4.69, 9.17) is 9.84 Å². The van der Waals surface area contributed by atoms with E-state index in [1.165, 1.54) is 44.9 Å². The topological polar surface area (TPSA) is 142 Å². The molecule has 36 heavy (non-hydrogen) atoms. The zero-order valence-electron chi connectivity index (χ0n) is 22.4. The van der Waals surface area contributed by atoms with Crippen LogP contribution in [0.15, 0.2) is 0 Å². The quantitative estimate of drug-likeness (QED) is 0.121. The summed E-state index contributed by atoms with van der Waals surface area (Å²) in [6.45, 7) is 3.24. The van der Waals surface area contributed by atoms with Gasteiger partial charge in [0.2, 0.25) is 11.8 Å². The first-order valence-electron chi connectivity index (χ1n) is 13.9. The standard InChI is InChI=1S/C27H50N2O7/c1-2-36-22-21-28-24(30)20-19-23(27(34)35)29-25(31)17-15-13-11-9-7-5-3-4-6-8-10-12-14-16-18-26(32)33/h23H,2-22H2,1H3,(H,28,30)(H,29,31)(H,32,33)(H,34,35)/t23-/m0/s1. The highest BCUT2D eigenvalue weighted by atomic mass is 16.5. The largest absolute Gasteiger partial charge is 0.481 e. The maximum absolute atomic E-state index is 12.1. The number of carbonyl (C=O) groups excluding carboxylic acids is 2. The predicted octanol–water partition coefficient (Wildman–Crippen LogP) is 4.81. The molecular weight excluding hydrogens is 464 g/mol. The van der Waals surface area contributed by atoms with Crippen molar-refractivity contribution < 1.29 is 34.1 Å². The molecule has 0 bridgehead atoms. The molecule has 0 saturated carbocycles. The van der Waals surface area contributed by atoms with Crippen LogP contribution in [0.5, 0.6) is 0 Å². The van der Waals surface area contributed by atoms with Gasteiger partial charge in [-0.2, -0.15) is 0 Å². The Morgan fingerprint density at radius 2 is 1.14 bits per heavy atom. The number of nitrogens with one attached hydrogen (secondary N) is 2. The molecule has 9 heteroatoms. The van der Waals surface area contributed by atoms with Gasteiger partial charge in [0.05, 0.1) is 6.61 Å². The third-order valence-electron chi connectivity index (χ3n) is 6.11. The van der Waals surface area contributed by atoms with Gasteiger partial charge in [0.15, 0.2) is 0 Å². The minimum Gasteiger partial charge on any atom is -0.481 e. The van der Waals surface area contributed by atoms with Crippen LogP contribution >= 0.6 is 0 Å². The Morgan fingerprint density at radius 1 is 0.667 bits per heavy atom. The molecule has 0 aliphatic heterocycles. The molecule has 1 atom stereocenters. The van der Waals surface area contributed by atoms with Crippen molar-refractivity contribution in [2.24, 2.45) is 0 Å². The molecule has 210 valence electrons. The molecular formula is C27H50N2O7. The third-order valence-corrected chi connectivity index (χ3v) is 6.11. The van der Waals surface area contributed by atoms with Crippen LogP contribution in [-0.4, -0.2) is 59.8 Å². The van der Waals surface area contributed by atoms with Gasteiger partial charge >= 0.3 is 11.9 Å². The third kappa shape index (κ3) is 23.6. The maximum atomic E-state index is 12.1. The lowest BCUT2D eigenvalue weighted by Gasteiger charge is -2.14. The van der Waals surface area contributed by atoms with Crippen LogP contribution in [0.2, 0.25) is 0 Å². The summed E-state index contributed by atoms with van der Waals surface area (Å²) >= 11 is 0. The summed E-state index contributed by atoms with van der Waals surface area (Å²) in [5, 5.41) is 23.1. The molecule has 0 aliphatic rings. The number of carboxylic acids is 2. The number of aliphatic carboxylic acids is 2. The molecule has 0 heterocycles. The predicted molar refractivity (Wildman–Crippen MR) is 140 cm³/mol. The fraction of sp³-hybridized carbons (Fsp3) is 0.852. The SMILES string of the molecule is CCOCCNC(=O)CC[C@H](NC(=O)CCCCCCCCCCCCCCCCC(=O)O)C(=O)O. The molecule has 0 radical (unpaired) electrons. The Morgan fingerprint density at radius 3 is 1.58 bits per heavy atom. The number of amides is 2. The van der Waals surface area contributed by atoms with Crippen molar-refractivity contribution >= 4 is 23.8 Å². The first-order valence-corrected chi connectivity index (χ1v) is 13.9. The zero-order chi connectivity index (χ0) is 26.9. The van der Waals surface area contributed by atoms with Crippen LogP contribution in [0.3, 0.4) is 0 Å². The van der Waals surface area contributed by atoms with Gasteiger partial charge in [-0.1, -0.05) is 77.0 Å². The van der Waals surface area contributed by atoms with E-state index >= 15 is 0 Å². The van der Waals surface area contributed by atoms with Crippen LogP contribution < -0.4 is 10.6 Å². The molecule has 0 fully saturated rings. The summed E-state index contributed by atoms with van der Waals surface area (Å²) in [6.07, 6.45) is 16.2. The van der Waals surface area contributed by atoms with Gasteiger partial charge in [0.1, 0.15) is 6.04 Å². The first-order chi connectivity index (χ1) is 17.4. The Hall–Kier alpha value is -2.16. The summed E-state index contributed by atoms with van der Waals surface area (Å²) in [6, 6.07) is -1.05. The highest BCUT2D eigenvalue weighted by Gasteiger charge is 2.20. The van der Waals surface area contributed by atoms with Gasteiger partial charge in [-0.3, -0.25) is 14.4 Å². The first kappa shape index (κ1) is 33.8. The van der Waals surface area contributed by atoms with Gasteiger partial charge in [-0.15, -0.1) is 0 Å². The normalized spacial score (nSPS) is 11.7. The average Bonchev–Trinajstić information content (AvgIpc) is 2.83. The van der Waals surface area contributed by atoms with E-state index in [1.807, 2.05) is 6.92 Å². The highest BCUT2D eigenvalue weighted by molar-refractivity contribution is 5.84. The molecule has 0 unspecified atom stereocenters. The van der Waals surface area contributed by atoms with E-state index < -0.39 is 18.0 Å². The van der Waals surface area contributed by atoms with Gasteiger partial charge < -0.3 is 25.6 Å². The summed E-state index contributed by atoms with van der Waals surface area (Å²) in [5.74, 6) is -2.35. The van der Waals surface area contributed by atoms with Crippen LogP contribution in [0, 0.1) is 0 Å². The number of hydrogen-bond donors (Lipinski definition) is 4. The minimum atomic E-state index is -1.12. The van der Waals surface area contributed by atoms with Crippen molar-refractivity contribution in [2.45, 2.75) is 129 Å². The molecule has 4 N–H and O–H groups in total. The average molecular weight is 515 g/mol. The summed E-state index contributed by atoms with van der Waals surface area (Å²) in [4.78, 5) is 45.7. The number of ether oxygens (including phenoxy) is 1. The molecule has 0 spiro atoms. The van der Waals surface area contributed by atoms with Gasteiger partial charge in [-0.25, -0.2) is 4.79 Å². The van der Waals surface area contributed by atoms with E-state index in [0.717, 1.165) is 44.9 Å². The smallest absolute Gasteiger partial charge is 0.326 e. The maximum Gasteiger partial charge on any atom is 0.326 e. The minimum absolute atomic E-state index is 0.0397. The lowest BCUT2D eigenvalue weighted by atomic mass is 10.0. The second-order valence-corrected chi connectivity index (χ2v) is 9.39.